The smallest absolute Gasteiger partial charge is 0.181 e. The highest BCUT2D eigenvalue weighted by Gasteiger charge is 2.31. The molecule has 1 aromatic heterocycles. The van der Waals surface area contributed by atoms with Crippen molar-refractivity contribution in [2.45, 2.75) is 65.7 Å². The van der Waals surface area contributed by atoms with Crippen LogP contribution in [0.2, 0.25) is 0 Å². The van der Waals surface area contributed by atoms with Crippen LogP contribution >= 0.6 is 0 Å². The average Bonchev–Trinajstić information content (AvgIpc) is 3.01. The van der Waals surface area contributed by atoms with E-state index in [4.69, 9.17) is 0 Å². The van der Waals surface area contributed by atoms with Gasteiger partial charge in [0, 0.05) is 18.3 Å². The molecule has 0 N–H and O–H groups in total. The Labute approximate surface area is 190 Å². The number of pyridine rings is 1. The molecule has 0 saturated carbocycles. The van der Waals surface area contributed by atoms with Gasteiger partial charge in [0.15, 0.2) is 11.6 Å². The molecule has 3 heteroatoms. The van der Waals surface area contributed by atoms with Crippen LogP contribution < -0.4 is 0 Å². The zero-order valence-corrected chi connectivity index (χ0v) is 19.7. The summed E-state index contributed by atoms with van der Waals surface area (Å²) in [5.74, 6) is -0.0244. The largest absolute Gasteiger partial charge is 0.292 e. The summed E-state index contributed by atoms with van der Waals surface area (Å²) in [5.41, 5.74) is 6.68. The fourth-order valence-electron chi connectivity index (χ4n) is 4.65. The van der Waals surface area contributed by atoms with Crippen LogP contribution in [0.3, 0.4) is 0 Å². The number of hydrogen-bond acceptors (Lipinski definition) is 3. The third-order valence-corrected chi connectivity index (χ3v) is 6.72. The van der Waals surface area contributed by atoms with Crippen LogP contribution in [0.25, 0.3) is 28.0 Å². The molecule has 1 heterocycles. The van der Waals surface area contributed by atoms with Crippen molar-refractivity contribution in [2.24, 2.45) is 0 Å². The molecule has 0 radical (unpaired) electrons. The number of benzene rings is 2. The number of nitrogens with zero attached hydrogens (tertiary/aromatic N) is 1. The van der Waals surface area contributed by atoms with Crippen LogP contribution in [0.4, 0.5) is 0 Å². The lowest BCUT2D eigenvalue weighted by molar-refractivity contribution is 0.0973. The van der Waals surface area contributed by atoms with E-state index in [1.807, 2.05) is 26.0 Å². The van der Waals surface area contributed by atoms with Crippen molar-refractivity contribution >= 4 is 28.4 Å². The van der Waals surface area contributed by atoms with E-state index in [1.54, 1.807) is 0 Å². The summed E-state index contributed by atoms with van der Waals surface area (Å²) in [7, 11) is 0. The van der Waals surface area contributed by atoms with Gasteiger partial charge in [-0.2, -0.15) is 0 Å². The normalized spacial score (nSPS) is 14.3. The second kappa shape index (κ2) is 8.46. The van der Waals surface area contributed by atoms with E-state index >= 15 is 0 Å². The van der Waals surface area contributed by atoms with Crippen molar-refractivity contribution in [1.82, 2.24) is 4.98 Å². The molecule has 32 heavy (non-hydrogen) atoms. The summed E-state index contributed by atoms with van der Waals surface area (Å²) < 4.78 is 0. The number of ketones is 2. The molecule has 1 aliphatic rings. The maximum Gasteiger partial charge on any atom is 0.181 e. The summed E-state index contributed by atoms with van der Waals surface area (Å²) in [6.07, 6.45) is 4.66. The van der Waals surface area contributed by atoms with Crippen LogP contribution in [0.5, 0.6) is 0 Å². The van der Waals surface area contributed by atoms with E-state index in [0.29, 0.717) is 24.2 Å². The van der Waals surface area contributed by atoms with E-state index in [-0.39, 0.29) is 17.0 Å². The molecule has 0 saturated heterocycles. The number of rotatable bonds is 7. The second-order valence-corrected chi connectivity index (χ2v) is 9.39. The van der Waals surface area contributed by atoms with Crippen molar-refractivity contribution < 1.29 is 9.59 Å². The Hall–Kier alpha value is -3.07. The number of Topliss-reactive ketones (excluding diaryl/α,β-unsaturated/α-hetero) is 2. The lowest BCUT2D eigenvalue weighted by Crippen LogP contribution is -2.15. The summed E-state index contributed by atoms with van der Waals surface area (Å²) in [6.45, 7) is 10.7. The first-order chi connectivity index (χ1) is 15.3. The van der Waals surface area contributed by atoms with Crippen LogP contribution in [0.15, 0.2) is 48.0 Å². The van der Waals surface area contributed by atoms with Gasteiger partial charge >= 0.3 is 0 Å². The van der Waals surface area contributed by atoms with Gasteiger partial charge in [-0.25, -0.2) is 4.98 Å². The van der Waals surface area contributed by atoms with Gasteiger partial charge in [-0.15, -0.1) is 0 Å². The molecule has 2 aromatic carbocycles. The lowest BCUT2D eigenvalue weighted by atomic mass is 9.79. The zero-order valence-electron chi connectivity index (χ0n) is 19.7. The highest BCUT2D eigenvalue weighted by atomic mass is 16.1. The molecule has 4 rings (SSSR count). The topological polar surface area (TPSA) is 47.0 Å². The van der Waals surface area contributed by atoms with Crippen molar-refractivity contribution in [3.63, 3.8) is 0 Å². The predicted octanol–water partition coefficient (Wildman–Crippen LogP) is 7.56. The average molecular weight is 426 g/mol. The van der Waals surface area contributed by atoms with E-state index in [0.717, 1.165) is 29.4 Å². The monoisotopic (exact) mass is 425 g/mol. The van der Waals surface area contributed by atoms with Crippen molar-refractivity contribution in [3.8, 4) is 11.1 Å². The van der Waals surface area contributed by atoms with E-state index < -0.39 is 0 Å². The second-order valence-electron chi connectivity index (χ2n) is 9.39. The number of fused-ring (bicyclic) bond motifs is 3. The molecular formula is C29H31NO2. The SMILES string of the molecule is CCCC(=O)c1cc(-c2ccc3c4c(ccc3c2)C=C(C)C4(C)C)cc(C(=O)CCC)n1. The quantitative estimate of drug-likeness (QED) is 0.367. The molecule has 0 unspecified atom stereocenters. The van der Waals surface area contributed by atoms with Gasteiger partial charge in [0.1, 0.15) is 11.4 Å². The molecule has 0 fully saturated rings. The van der Waals surface area contributed by atoms with Crippen LogP contribution in [-0.2, 0) is 5.41 Å². The molecule has 3 nitrogen and oxygen atoms in total. The van der Waals surface area contributed by atoms with Gasteiger partial charge in [-0.1, -0.05) is 63.6 Å². The van der Waals surface area contributed by atoms with Crippen LogP contribution in [0, 0.1) is 0 Å². The Balaban J connectivity index is 1.84. The van der Waals surface area contributed by atoms with E-state index in [9.17, 15) is 9.59 Å². The Morgan fingerprint density at radius 3 is 2.06 bits per heavy atom. The van der Waals surface area contributed by atoms with Gasteiger partial charge < -0.3 is 0 Å². The minimum atomic E-state index is -0.0122. The minimum absolute atomic E-state index is 0.00646. The van der Waals surface area contributed by atoms with Gasteiger partial charge in [0.2, 0.25) is 0 Å². The summed E-state index contributed by atoms with van der Waals surface area (Å²) in [5, 5.41) is 2.42. The van der Waals surface area contributed by atoms with Crippen molar-refractivity contribution in [3.05, 3.63) is 70.6 Å². The number of hydrogen-bond donors (Lipinski definition) is 0. The number of aromatic nitrogens is 1. The van der Waals surface area contributed by atoms with Gasteiger partial charge in [-0.05, 0) is 71.0 Å². The fraction of sp³-hybridized carbons (Fsp3) is 0.345. The Morgan fingerprint density at radius 1 is 0.844 bits per heavy atom. The molecule has 0 atom stereocenters. The zero-order chi connectivity index (χ0) is 23.0. The first-order valence-electron chi connectivity index (χ1n) is 11.6. The first-order valence-corrected chi connectivity index (χ1v) is 11.6. The Kier molecular flexibility index (Phi) is 5.85. The number of allylic oxidation sites excluding steroid dienone is 1. The Bertz CT molecular complexity index is 1230. The van der Waals surface area contributed by atoms with Crippen LogP contribution in [-0.4, -0.2) is 16.6 Å². The third kappa shape index (κ3) is 3.81. The predicted molar refractivity (Wildman–Crippen MR) is 132 cm³/mol. The molecule has 0 spiro atoms. The summed E-state index contributed by atoms with van der Waals surface area (Å²) >= 11 is 0. The molecule has 0 aliphatic heterocycles. The van der Waals surface area contributed by atoms with Gasteiger partial charge in [-0.3, -0.25) is 9.59 Å². The van der Waals surface area contributed by atoms with Crippen molar-refractivity contribution in [1.29, 1.82) is 0 Å². The minimum Gasteiger partial charge on any atom is -0.292 e. The number of carbonyl (C=O) groups excluding carboxylic acids is 2. The highest BCUT2D eigenvalue weighted by Crippen LogP contribution is 2.45. The number of carbonyl (C=O) groups is 2. The molecule has 1 aliphatic carbocycles. The Morgan fingerprint density at radius 2 is 1.47 bits per heavy atom. The molecule has 164 valence electrons. The van der Waals surface area contributed by atoms with Gasteiger partial charge in [0.25, 0.3) is 0 Å². The maximum atomic E-state index is 12.6. The highest BCUT2D eigenvalue weighted by molar-refractivity contribution is 6.01. The van der Waals surface area contributed by atoms with Gasteiger partial charge in [0.05, 0.1) is 0 Å². The molecular weight excluding hydrogens is 394 g/mol. The van der Waals surface area contributed by atoms with E-state index in [1.165, 1.54) is 22.1 Å². The molecule has 3 aromatic rings. The first kappa shape index (κ1) is 22.1. The summed E-state index contributed by atoms with van der Waals surface area (Å²) in [6, 6.07) is 14.5. The molecule has 0 amide bonds. The van der Waals surface area contributed by atoms with Crippen LogP contribution in [0.1, 0.15) is 92.4 Å². The van der Waals surface area contributed by atoms with Crippen molar-refractivity contribution in [2.75, 3.05) is 0 Å². The standard InChI is InChI=1S/C29H31NO2/c1-6-8-26(31)24-16-22(17-25(30-24)27(32)9-7-2)19-12-13-23-20(15-19)10-11-21-14-18(3)29(4,5)28(21)23/h10-17H,6-9H2,1-5H3. The van der Waals surface area contributed by atoms with E-state index in [2.05, 4.69) is 62.2 Å². The summed E-state index contributed by atoms with van der Waals surface area (Å²) in [4.78, 5) is 29.7. The fourth-order valence-corrected chi connectivity index (χ4v) is 4.65. The lowest BCUT2D eigenvalue weighted by Gasteiger charge is -2.24. The third-order valence-electron chi connectivity index (χ3n) is 6.72. The molecule has 0 bridgehead atoms. The maximum absolute atomic E-state index is 12.6.